The lowest BCUT2D eigenvalue weighted by Gasteiger charge is -2.11. The molecule has 0 fully saturated rings. The molecule has 64 valence electrons. The molecule has 0 spiro atoms. The van der Waals surface area contributed by atoms with Gasteiger partial charge in [-0.3, -0.25) is 0 Å². The Hall–Kier alpha value is -0.650. The maximum atomic E-state index is 6.05. The van der Waals surface area contributed by atoms with Crippen LogP contribution in [0.3, 0.4) is 0 Å². The molecule has 0 bridgehead atoms. The molecule has 0 saturated carbocycles. The van der Waals surface area contributed by atoms with E-state index < -0.39 is 8.07 Å². The number of nitrogens with two attached hydrogens (primary N) is 1. The van der Waals surface area contributed by atoms with Crippen molar-refractivity contribution in [2.75, 3.05) is 0 Å². The van der Waals surface area contributed by atoms with Crippen LogP contribution in [0, 0.1) is 0 Å². The first-order valence-corrected chi connectivity index (χ1v) is 5.39. The van der Waals surface area contributed by atoms with E-state index in [-0.39, 0.29) is 0 Å². The van der Waals surface area contributed by atoms with Gasteiger partial charge in [0.05, 0.1) is 0 Å². The van der Waals surface area contributed by atoms with Crippen LogP contribution >= 0.6 is 8.07 Å². The van der Waals surface area contributed by atoms with Crippen LogP contribution in [0.2, 0.25) is 0 Å². The second-order valence-electron chi connectivity index (χ2n) is 2.64. The molecule has 12 heavy (non-hydrogen) atoms. The maximum absolute atomic E-state index is 6.05. The summed E-state index contributed by atoms with van der Waals surface area (Å²) in [6.45, 7) is 4.11. The molecule has 0 aliphatic heterocycles. The predicted molar refractivity (Wildman–Crippen MR) is 56.6 cm³/mol. The molecule has 1 atom stereocenters. The molecule has 0 aromatic heterocycles. The van der Waals surface area contributed by atoms with Gasteiger partial charge in [-0.05, 0) is 24.5 Å². The van der Waals surface area contributed by atoms with Crippen molar-refractivity contribution in [2.24, 2.45) is 5.50 Å². The molecule has 2 N–H and O–H groups in total. The SMILES string of the molecule is CC=C(C)P(N)c1ccccc1. The molecule has 1 aromatic rings. The number of hydrogen-bond acceptors (Lipinski definition) is 1. The van der Waals surface area contributed by atoms with Crippen molar-refractivity contribution in [3.05, 3.63) is 41.7 Å². The standard InChI is InChI=1S/C10H14NP/c1-3-9(2)12(11)10-7-5-4-6-8-10/h3-8H,11H2,1-2H3. The van der Waals surface area contributed by atoms with E-state index in [2.05, 4.69) is 25.1 Å². The Morgan fingerprint density at radius 3 is 2.42 bits per heavy atom. The highest BCUT2D eigenvalue weighted by Crippen LogP contribution is 2.34. The third kappa shape index (κ3) is 2.17. The molecular formula is C10H14NP. The minimum absolute atomic E-state index is 0.576. The van der Waals surface area contributed by atoms with Gasteiger partial charge in [-0.25, -0.2) is 0 Å². The molecule has 1 nitrogen and oxygen atoms in total. The lowest BCUT2D eigenvalue weighted by molar-refractivity contribution is 1.57. The molecule has 1 rings (SSSR count). The van der Waals surface area contributed by atoms with E-state index in [0.29, 0.717) is 0 Å². The number of rotatable bonds is 2. The molecule has 0 aliphatic rings. The molecule has 1 aromatic carbocycles. The van der Waals surface area contributed by atoms with E-state index in [0.717, 1.165) is 0 Å². The van der Waals surface area contributed by atoms with Crippen LogP contribution in [0.5, 0.6) is 0 Å². The summed E-state index contributed by atoms with van der Waals surface area (Å²) >= 11 is 0. The summed E-state index contributed by atoms with van der Waals surface area (Å²) in [5.74, 6) is 0. The monoisotopic (exact) mass is 179 g/mol. The first kappa shape index (κ1) is 9.44. The zero-order valence-electron chi connectivity index (χ0n) is 7.49. The minimum atomic E-state index is -0.576. The van der Waals surface area contributed by atoms with Crippen molar-refractivity contribution in [1.82, 2.24) is 0 Å². The summed E-state index contributed by atoms with van der Waals surface area (Å²) in [5, 5.41) is 2.51. The topological polar surface area (TPSA) is 26.0 Å². The molecule has 0 saturated heterocycles. The Kier molecular flexibility index (Phi) is 3.46. The fraction of sp³-hybridized carbons (Fsp3) is 0.200. The van der Waals surface area contributed by atoms with Gasteiger partial charge in [0.1, 0.15) is 0 Å². The number of benzene rings is 1. The highest BCUT2D eigenvalue weighted by molar-refractivity contribution is 7.67. The van der Waals surface area contributed by atoms with Gasteiger partial charge in [0, 0.05) is 8.07 Å². The lowest BCUT2D eigenvalue weighted by atomic mass is 10.4. The fourth-order valence-electron chi connectivity index (χ4n) is 0.931. The molecule has 0 amide bonds. The van der Waals surface area contributed by atoms with E-state index in [9.17, 15) is 0 Å². The summed E-state index contributed by atoms with van der Waals surface area (Å²) in [7, 11) is -0.576. The van der Waals surface area contributed by atoms with Crippen LogP contribution < -0.4 is 10.8 Å². The second kappa shape index (κ2) is 4.39. The largest absolute Gasteiger partial charge is 0.303 e. The molecule has 1 unspecified atom stereocenters. The van der Waals surface area contributed by atoms with Crippen LogP contribution in [-0.2, 0) is 0 Å². The van der Waals surface area contributed by atoms with Crippen LogP contribution in [-0.4, -0.2) is 0 Å². The van der Waals surface area contributed by atoms with Gasteiger partial charge < -0.3 is 5.50 Å². The summed E-state index contributed by atoms with van der Waals surface area (Å²) in [6.07, 6.45) is 2.08. The van der Waals surface area contributed by atoms with Crippen LogP contribution in [0.1, 0.15) is 13.8 Å². The van der Waals surface area contributed by atoms with Crippen LogP contribution in [0.4, 0.5) is 0 Å². The van der Waals surface area contributed by atoms with Crippen molar-refractivity contribution in [3.63, 3.8) is 0 Å². The number of hydrogen-bond donors (Lipinski definition) is 1. The Labute approximate surface area is 75.1 Å². The van der Waals surface area contributed by atoms with Gasteiger partial charge >= 0.3 is 0 Å². The van der Waals surface area contributed by atoms with Gasteiger partial charge in [0.15, 0.2) is 0 Å². The van der Waals surface area contributed by atoms with E-state index in [1.807, 2.05) is 25.1 Å². The van der Waals surface area contributed by atoms with E-state index in [1.165, 1.54) is 10.6 Å². The van der Waals surface area contributed by atoms with Gasteiger partial charge in [-0.2, -0.15) is 0 Å². The fourth-order valence-corrected chi connectivity index (χ4v) is 2.11. The van der Waals surface area contributed by atoms with Crippen molar-refractivity contribution in [2.45, 2.75) is 13.8 Å². The van der Waals surface area contributed by atoms with Crippen LogP contribution in [0.15, 0.2) is 41.7 Å². The third-order valence-corrected chi connectivity index (χ3v) is 3.70. The van der Waals surface area contributed by atoms with Crippen molar-refractivity contribution in [3.8, 4) is 0 Å². The van der Waals surface area contributed by atoms with Gasteiger partial charge in [0.2, 0.25) is 0 Å². The quantitative estimate of drug-likeness (QED) is 0.694. The number of allylic oxidation sites excluding steroid dienone is 2. The summed E-state index contributed by atoms with van der Waals surface area (Å²) in [6, 6.07) is 10.2. The molecule has 0 radical (unpaired) electrons. The summed E-state index contributed by atoms with van der Waals surface area (Å²) < 4.78 is 0. The molecule has 2 heteroatoms. The first-order valence-electron chi connectivity index (χ1n) is 3.98. The highest BCUT2D eigenvalue weighted by atomic mass is 31.1. The zero-order chi connectivity index (χ0) is 8.97. The van der Waals surface area contributed by atoms with Crippen molar-refractivity contribution >= 4 is 13.4 Å². The Morgan fingerprint density at radius 1 is 1.33 bits per heavy atom. The Bertz CT molecular complexity index is 266. The van der Waals surface area contributed by atoms with E-state index in [4.69, 9.17) is 5.50 Å². The average molecular weight is 179 g/mol. The van der Waals surface area contributed by atoms with Gasteiger partial charge in [-0.1, -0.05) is 36.4 Å². The Morgan fingerprint density at radius 2 is 1.92 bits per heavy atom. The van der Waals surface area contributed by atoms with Gasteiger partial charge in [0.25, 0.3) is 0 Å². The first-order chi connectivity index (χ1) is 5.75. The van der Waals surface area contributed by atoms with E-state index in [1.54, 1.807) is 0 Å². The van der Waals surface area contributed by atoms with Crippen molar-refractivity contribution in [1.29, 1.82) is 0 Å². The van der Waals surface area contributed by atoms with E-state index >= 15 is 0 Å². The molecular weight excluding hydrogens is 165 g/mol. The summed E-state index contributed by atoms with van der Waals surface area (Å²) in [4.78, 5) is 0. The van der Waals surface area contributed by atoms with Crippen molar-refractivity contribution < 1.29 is 0 Å². The maximum Gasteiger partial charge on any atom is 0.0177 e. The zero-order valence-corrected chi connectivity index (χ0v) is 8.38. The highest BCUT2D eigenvalue weighted by Gasteiger charge is 2.04. The lowest BCUT2D eigenvalue weighted by Crippen LogP contribution is -2.06. The molecule has 0 heterocycles. The third-order valence-electron chi connectivity index (χ3n) is 1.83. The minimum Gasteiger partial charge on any atom is -0.303 e. The van der Waals surface area contributed by atoms with Gasteiger partial charge in [-0.15, -0.1) is 0 Å². The van der Waals surface area contributed by atoms with Crippen LogP contribution in [0.25, 0.3) is 0 Å². The average Bonchev–Trinajstić information content (AvgIpc) is 2.17. The second-order valence-corrected chi connectivity index (χ2v) is 4.60. The Balaban J connectivity index is 2.86. The predicted octanol–water partition coefficient (Wildman–Crippen LogP) is 2.59. The molecule has 0 aliphatic carbocycles. The normalized spacial score (nSPS) is 14.4. The smallest absolute Gasteiger partial charge is 0.0177 e. The summed E-state index contributed by atoms with van der Waals surface area (Å²) in [5.41, 5.74) is 6.05.